The first-order chi connectivity index (χ1) is 6.69. The average molecular weight is 214 g/mol. The van der Waals surface area contributed by atoms with Crippen molar-refractivity contribution in [2.75, 3.05) is 17.8 Å². The fourth-order valence-corrected chi connectivity index (χ4v) is 1.31. The molecule has 0 fully saturated rings. The molecule has 1 rings (SSSR count). The van der Waals surface area contributed by atoms with Crippen LogP contribution in [0.4, 0.5) is 5.82 Å². The maximum atomic E-state index is 5.79. The smallest absolute Gasteiger partial charge is 0.132 e. The minimum atomic E-state index is 0.288. The van der Waals surface area contributed by atoms with Crippen molar-refractivity contribution < 1.29 is 0 Å². The zero-order valence-corrected chi connectivity index (χ0v) is 9.62. The molecule has 1 heterocycles. The second kappa shape index (κ2) is 5.15. The van der Waals surface area contributed by atoms with Crippen molar-refractivity contribution in [2.45, 2.75) is 26.3 Å². The van der Waals surface area contributed by atoms with Crippen LogP contribution in [0.2, 0.25) is 0 Å². The fourth-order valence-electron chi connectivity index (χ4n) is 1.10. The zero-order valence-electron chi connectivity index (χ0n) is 8.87. The molecular formula is C10H16ClN3. The lowest BCUT2D eigenvalue weighted by Gasteiger charge is -2.24. The van der Waals surface area contributed by atoms with Gasteiger partial charge in [-0.25, -0.2) is 9.97 Å². The van der Waals surface area contributed by atoms with Crippen LogP contribution in [0.1, 0.15) is 19.5 Å². The highest BCUT2D eigenvalue weighted by Gasteiger charge is 2.10. The van der Waals surface area contributed by atoms with Crippen LogP contribution >= 0.6 is 11.6 Å². The number of halogens is 1. The van der Waals surface area contributed by atoms with Gasteiger partial charge in [0.2, 0.25) is 0 Å². The second-order valence-corrected chi connectivity index (χ2v) is 3.64. The topological polar surface area (TPSA) is 29.0 Å². The predicted molar refractivity (Wildman–Crippen MR) is 60.0 cm³/mol. The van der Waals surface area contributed by atoms with Gasteiger partial charge in [0.05, 0.1) is 0 Å². The highest BCUT2D eigenvalue weighted by molar-refractivity contribution is 6.18. The monoisotopic (exact) mass is 213 g/mol. The van der Waals surface area contributed by atoms with Crippen LogP contribution in [0, 0.1) is 0 Å². The Balaban J connectivity index is 2.83. The number of nitrogens with zero attached hydrogens (tertiary/aromatic N) is 3. The third-order valence-corrected chi connectivity index (χ3v) is 2.76. The summed E-state index contributed by atoms with van der Waals surface area (Å²) in [6.07, 6.45) is 2.53. The number of rotatable bonds is 4. The molecule has 0 N–H and O–H groups in total. The van der Waals surface area contributed by atoms with Crippen LogP contribution in [0.3, 0.4) is 0 Å². The lowest BCUT2D eigenvalue weighted by molar-refractivity contribution is 0.745. The van der Waals surface area contributed by atoms with Gasteiger partial charge in [0, 0.05) is 30.7 Å². The lowest BCUT2D eigenvalue weighted by Crippen LogP contribution is -2.31. The van der Waals surface area contributed by atoms with Crippen molar-refractivity contribution in [3.63, 3.8) is 0 Å². The summed E-state index contributed by atoms with van der Waals surface area (Å²) >= 11 is 5.79. The van der Waals surface area contributed by atoms with E-state index in [9.17, 15) is 0 Å². The van der Waals surface area contributed by atoms with Gasteiger partial charge in [-0.05, 0) is 13.3 Å². The average Bonchev–Trinajstić information content (AvgIpc) is 2.27. The van der Waals surface area contributed by atoms with Crippen LogP contribution in [0.25, 0.3) is 0 Å². The van der Waals surface area contributed by atoms with E-state index in [1.54, 1.807) is 6.33 Å². The molecular weight excluding hydrogens is 198 g/mol. The summed E-state index contributed by atoms with van der Waals surface area (Å²) < 4.78 is 0. The third-order valence-electron chi connectivity index (χ3n) is 2.32. The Hall–Kier alpha value is -0.830. The molecule has 1 aromatic rings. The number of hydrogen-bond acceptors (Lipinski definition) is 3. The van der Waals surface area contributed by atoms with E-state index in [1.807, 2.05) is 13.1 Å². The van der Waals surface area contributed by atoms with Crippen LogP contribution in [0.15, 0.2) is 12.4 Å². The summed E-state index contributed by atoms with van der Waals surface area (Å²) in [6.45, 7) is 4.15. The Kier molecular flexibility index (Phi) is 4.14. The number of hydrogen-bond donors (Lipinski definition) is 0. The first-order valence-corrected chi connectivity index (χ1v) is 5.32. The van der Waals surface area contributed by atoms with Gasteiger partial charge in [0.15, 0.2) is 0 Å². The Labute approximate surface area is 90.1 Å². The van der Waals surface area contributed by atoms with E-state index in [2.05, 4.69) is 28.7 Å². The van der Waals surface area contributed by atoms with Crippen molar-refractivity contribution >= 4 is 17.4 Å². The molecule has 78 valence electrons. The van der Waals surface area contributed by atoms with Crippen molar-refractivity contribution in [1.82, 2.24) is 9.97 Å². The lowest BCUT2D eigenvalue weighted by atomic mass is 10.3. The molecule has 0 saturated heterocycles. The molecule has 1 aromatic heterocycles. The number of aromatic nitrogens is 2. The first-order valence-electron chi connectivity index (χ1n) is 4.78. The fraction of sp³-hybridized carbons (Fsp3) is 0.600. The van der Waals surface area contributed by atoms with Gasteiger partial charge < -0.3 is 4.90 Å². The summed E-state index contributed by atoms with van der Waals surface area (Å²) in [6, 6.07) is 2.29. The molecule has 0 saturated carbocycles. The molecule has 0 aliphatic carbocycles. The van der Waals surface area contributed by atoms with Crippen LogP contribution < -0.4 is 4.90 Å². The van der Waals surface area contributed by atoms with Gasteiger partial charge in [-0.3, -0.25) is 0 Å². The molecule has 1 atom stereocenters. The standard InChI is InChI=1S/C10H16ClN3/c1-4-9-5-10(13-7-12-9)14(3)8(2)6-11/h5,7-8H,4,6H2,1-3H3. The van der Waals surface area contributed by atoms with E-state index in [0.29, 0.717) is 5.88 Å². The van der Waals surface area contributed by atoms with E-state index in [0.717, 1.165) is 17.9 Å². The van der Waals surface area contributed by atoms with Crippen molar-refractivity contribution in [1.29, 1.82) is 0 Å². The van der Waals surface area contributed by atoms with Crippen molar-refractivity contribution in [3.05, 3.63) is 18.1 Å². The van der Waals surface area contributed by atoms with Crippen molar-refractivity contribution in [3.8, 4) is 0 Å². The van der Waals surface area contributed by atoms with Crippen LogP contribution in [-0.2, 0) is 6.42 Å². The summed E-state index contributed by atoms with van der Waals surface area (Å²) in [4.78, 5) is 10.4. The molecule has 0 aliphatic rings. The predicted octanol–water partition coefficient (Wildman–Crippen LogP) is 2.10. The highest BCUT2D eigenvalue weighted by atomic mass is 35.5. The number of anilines is 1. The maximum Gasteiger partial charge on any atom is 0.132 e. The maximum absolute atomic E-state index is 5.79. The Morgan fingerprint density at radius 3 is 2.79 bits per heavy atom. The SMILES string of the molecule is CCc1cc(N(C)C(C)CCl)ncn1. The van der Waals surface area contributed by atoms with E-state index in [1.165, 1.54) is 0 Å². The third kappa shape index (κ3) is 2.58. The van der Waals surface area contributed by atoms with Crippen molar-refractivity contribution in [2.24, 2.45) is 0 Å². The van der Waals surface area contributed by atoms with Gasteiger partial charge in [0.1, 0.15) is 12.1 Å². The first kappa shape index (κ1) is 11.2. The zero-order chi connectivity index (χ0) is 10.6. The van der Waals surface area contributed by atoms with Crippen LogP contribution in [0.5, 0.6) is 0 Å². The van der Waals surface area contributed by atoms with Gasteiger partial charge >= 0.3 is 0 Å². The van der Waals surface area contributed by atoms with Gasteiger partial charge in [-0.15, -0.1) is 11.6 Å². The molecule has 14 heavy (non-hydrogen) atoms. The molecule has 3 nitrogen and oxygen atoms in total. The second-order valence-electron chi connectivity index (χ2n) is 3.34. The largest absolute Gasteiger partial charge is 0.356 e. The molecule has 0 bridgehead atoms. The minimum absolute atomic E-state index is 0.288. The van der Waals surface area contributed by atoms with E-state index in [4.69, 9.17) is 11.6 Å². The Morgan fingerprint density at radius 2 is 2.21 bits per heavy atom. The summed E-state index contributed by atoms with van der Waals surface area (Å²) in [7, 11) is 1.99. The highest BCUT2D eigenvalue weighted by Crippen LogP contribution is 2.12. The summed E-state index contributed by atoms with van der Waals surface area (Å²) in [5.41, 5.74) is 1.06. The molecule has 0 aromatic carbocycles. The normalized spacial score (nSPS) is 12.6. The van der Waals surface area contributed by atoms with Gasteiger partial charge in [-0.2, -0.15) is 0 Å². The number of aryl methyl sites for hydroxylation is 1. The molecule has 1 unspecified atom stereocenters. The van der Waals surface area contributed by atoms with E-state index >= 15 is 0 Å². The quantitative estimate of drug-likeness (QED) is 0.718. The van der Waals surface area contributed by atoms with E-state index in [-0.39, 0.29) is 6.04 Å². The molecule has 0 spiro atoms. The van der Waals surface area contributed by atoms with Gasteiger partial charge in [-0.1, -0.05) is 6.92 Å². The van der Waals surface area contributed by atoms with E-state index < -0.39 is 0 Å². The molecule has 4 heteroatoms. The molecule has 0 amide bonds. The Morgan fingerprint density at radius 1 is 1.50 bits per heavy atom. The summed E-state index contributed by atoms with van der Waals surface area (Å²) in [5.74, 6) is 1.53. The van der Waals surface area contributed by atoms with Crippen LogP contribution in [-0.4, -0.2) is 28.9 Å². The Bertz CT molecular complexity index is 290. The number of alkyl halides is 1. The summed E-state index contributed by atoms with van der Waals surface area (Å²) in [5, 5.41) is 0. The molecule has 0 radical (unpaired) electrons. The van der Waals surface area contributed by atoms with Gasteiger partial charge in [0.25, 0.3) is 0 Å². The minimum Gasteiger partial charge on any atom is -0.356 e. The molecule has 0 aliphatic heterocycles.